The summed E-state index contributed by atoms with van der Waals surface area (Å²) >= 11 is 0. The van der Waals surface area contributed by atoms with Crippen molar-refractivity contribution < 1.29 is 38.1 Å². The molecule has 0 saturated carbocycles. The number of amides is 4. The minimum Gasteiger partial charge on any atom is -0.444 e. The molecule has 0 N–H and O–H groups in total. The summed E-state index contributed by atoms with van der Waals surface area (Å²) in [5.74, 6) is 0. The Morgan fingerprint density at radius 1 is 0.438 bits per heavy atom. The van der Waals surface area contributed by atoms with E-state index in [1.165, 1.54) is 0 Å². The van der Waals surface area contributed by atoms with Crippen LogP contribution in [-0.4, -0.2) is 119 Å². The molecule has 12 heteroatoms. The van der Waals surface area contributed by atoms with Gasteiger partial charge in [0, 0.05) is 52.4 Å². The van der Waals surface area contributed by atoms with Gasteiger partial charge in [-0.05, 0) is 109 Å². The van der Waals surface area contributed by atoms with Gasteiger partial charge in [-0.2, -0.15) is 0 Å². The van der Waals surface area contributed by atoms with Crippen LogP contribution in [0, 0.1) is 0 Å². The number of hydrogen-bond acceptors (Lipinski definition) is 8. The van der Waals surface area contributed by atoms with E-state index in [1.54, 1.807) is 19.6 Å². The number of hydrogen-bond donors (Lipinski definition) is 0. The Bertz CT molecular complexity index is 1020. The second kappa shape index (κ2) is 20.4. The van der Waals surface area contributed by atoms with Gasteiger partial charge in [-0.25, -0.2) is 19.2 Å². The maximum absolute atomic E-state index is 13.1. The van der Waals surface area contributed by atoms with Crippen LogP contribution in [0.25, 0.3) is 0 Å². The van der Waals surface area contributed by atoms with Crippen LogP contribution in [0.1, 0.15) is 123 Å². The predicted molar refractivity (Wildman–Crippen MR) is 190 cm³/mol. The van der Waals surface area contributed by atoms with Crippen molar-refractivity contribution in [1.82, 2.24) is 19.6 Å². The fourth-order valence-electron chi connectivity index (χ4n) is 4.15. The third-order valence-electron chi connectivity index (χ3n) is 6.30. The first-order valence-corrected chi connectivity index (χ1v) is 17.4. The molecule has 12 nitrogen and oxygen atoms in total. The average Bonchev–Trinajstić information content (AvgIpc) is 2.88. The number of unbranched alkanes of at least 4 members (excludes halogenated alkanes) is 1. The summed E-state index contributed by atoms with van der Waals surface area (Å²) in [6, 6.07) is 0. The molecule has 0 aromatic rings. The van der Waals surface area contributed by atoms with E-state index in [0.29, 0.717) is 52.1 Å². The van der Waals surface area contributed by atoms with E-state index in [9.17, 15) is 19.2 Å². The Balaban J connectivity index is 5.64. The van der Waals surface area contributed by atoms with E-state index >= 15 is 0 Å². The Morgan fingerprint density at radius 3 is 1.02 bits per heavy atom. The second-order valence-corrected chi connectivity index (χ2v) is 15.9. The second-order valence-electron chi connectivity index (χ2n) is 15.9. The number of ether oxygens (including phenoxy) is 4. The Hall–Kier alpha value is -3.18. The number of nitrogens with zero attached hydrogens (tertiary/aromatic N) is 4. The van der Waals surface area contributed by atoms with Gasteiger partial charge in [0.25, 0.3) is 0 Å². The first-order valence-electron chi connectivity index (χ1n) is 17.4. The van der Waals surface area contributed by atoms with Crippen LogP contribution in [0.5, 0.6) is 0 Å². The lowest BCUT2D eigenvalue weighted by Gasteiger charge is -2.30. The molecule has 0 heterocycles. The predicted octanol–water partition coefficient (Wildman–Crippen LogP) is 8.09. The normalized spacial score (nSPS) is 12.4. The van der Waals surface area contributed by atoms with Crippen molar-refractivity contribution in [2.45, 2.75) is 145 Å². The molecule has 0 fully saturated rings. The zero-order valence-corrected chi connectivity index (χ0v) is 32.7. The molecule has 0 aromatic heterocycles. The number of rotatable bonds is 16. The average molecular weight is 685 g/mol. The standard InChI is InChI=1S/C36H68N4O8/c1-15-17-22-38(30(42)46-34(6,7)8)27-21-28-40(32(44)48-36(12,13)14)24-19-18-23-39(31(43)47-35(9,10)11)26-20-25-37(16-2)29(41)45-33(3,4)5/h18-19H,15-17,20-28H2,1-14H3/b19-18+. The summed E-state index contributed by atoms with van der Waals surface area (Å²) in [4.78, 5) is 58.1. The SMILES string of the molecule is CCCCN(CCCN(C/C=C/CN(CCCN(CC)C(=O)OC(C)(C)C)C(=O)OC(C)(C)C)C(=O)OC(C)(C)C)C(=O)OC(C)(C)C. The van der Waals surface area contributed by atoms with Crippen LogP contribution in [-0.2, 0) is 18.9 Å². The minimum atomic E-state index is -0.679. The van der Waals surface area contributed by atoms with Crippen LogP contribution in [0.15, 0.2) is 12.2 Å². The molecule has 48 heavy (non-hydrogen) atoms. The lowest BCUT2D eigenvalue weighted by atomic mass is 10.2. The largest absolute Gasteiger partial charge is 0.444 e. The van der Waals surface area contributed by atoms with Crippen LogP contribution < -0.4 is 0 Å². The van der Waals surface area contributed by atoms with Gasteiger partial charge in [-0.3, -0.25) is 0 Å². The van der Waals surface area contributed by atoms with Gasteiger partial charge >= 0.3 is 24.4 Å². The quantitative estimate of drug-likeness (QED) is 0.118. The van der Waals surface area contributed by atoms with E-state index in [1.807, 2.05) is 102 Å². The van der Waals surface area contributed by atoms with Gasteiger partial charge < -0.3 is 38.5 Å². The highest BCUT2D eigenvalue weighted by atomic mass is 16.6. The molecule has 0 unspecified atom stereocenters. The fraction of sp³-hybridized carbons (Fsp3) is 0.833. The van der Waals surface area contributed by atoms with Crippen molar-refractivity contribution in [3.05, 3.63) is 12.2 Å². The van der Waals surface area contributed by atoms with Crippen molar-refractivity contribution in [3.8, 4) is 0 Å². The molecule has 0 rings (SSSR count). The summed E-state index contributed by atoms with van der Waals surface area (Å²) in [5, 5.41) is 0. The van der Waals surface area contributed by atoms with Crippen molar-refractivity contribution in [1.29, 1.82) is 0 Å². The van der Waals surface area contributed by atoms with Crippen LogP contribution >= 0.6 is 0 Å². The first-order chi connectivity index (χ1) is 21.9. The molecule has 0 aliphatic rings. The molecule has 4 amide bonds. The Kier molecular flexibility index (Phi) is 19.0. The van der Waals surface area contributed by atoms with Crippen LogP contribution in [0.3, 0.4) is 0 Å². The summed E-state index contributed by atoms with van der Waals surface area (Å²) in [5.41, 5.74) is -2.56. The number of carbonyl (C=O) groups excluding carboxylic acids is 4. The molecule has 0 aliphatic heterocycles. The van der Waals surface area contributed by atoms with E-state index in [2.05, 4.69) is 6.92 Å². The third-order valence-corrected chi connectivity index (χ3v) is 6.30. The zero-order chi connectivity index (χ0) is 37.3. The van der Waals surface area contributed by atoms with E-state index in [-0.39, 0.29) is 19.2 Å². The van der Waals surface area contributed by atoms with E-state index in [4.69, 9.17) is 18.9 Å². The van der Waals surface area contributed by atoms with Gasteiger partial charge in [-0.1, -0.05) is 25.5 Å². The van der Waals surface area contributed by atoms with Gasteiger partial charge in [0.2, 0.25) is 0 Å². The molecular formula is C36H68N4O8. The highest BCUT2D eigenvalue weighted by Gasteiger charge is 2.26. The van der Waals surface area contributed by atoms with Gasteiger partial charge in [0.15, 0.2) is 0 Å². The highest BCUT2D eigenvalue weighted by molar-refractivity contribution is 5.70. The molecule has 0 spiro atoms. The molecule has 0 saturated heterocycles. The van der Waals surface area contributed by atoms with E-state index in [0.717, 1.165) is 12.8 Å². The van der Waals surface area contributed by atoms with Crippen molar-refractivity contribution >= 4 is 24.4 Å². The Labute approximate surface area is 291 Å². The topological polar surface area (TPSA) is 118 Å². The fourth-order valence-corrected chi connectivity index (χ4v) is 4.15. The number of carbonyl (C=O) groups is 4. The zero-order valence-electron chi connectivity index (χ0n) is 32.7. The molecular weight excluding hydrogens is 616 g/mol. The molecule has 0 atom stereocenters. The maximum atomic E-state index is 13.1. The lowest BCUT2D eigenvalue weighted by Crippen LogP contribution is -2.41. The summed E-state index contributed by atoms with van der Waals surface area (Å²) in [6.07, 6.45) is 4.80. The Morgan fingerprint density at radius 2 is 0.708 bits per heavy atom. The molecule has 0 aromatic carbocycles. The van der Waals surface area contributed by atoms with Crippen molar-refractivity contribution in [3.63, 3.8) is 0 Å². The van der Waals surface area contributed by atoms with Crippen LogP contribution in [0.2, 0.25) is 0 Å². The highest BCUT2D eigenvalue weighted by Crippen LogP contribution is 2.15. The summed E-state index contributed by atoms with van der Waals surface area (Å²) in [7, 11) is 0. The minimum absolute atomic E-state index is 0.249. The molecule has 0 radical (unpaired) electrons. The smallest absolute Gasteiger partial charge is 0.410 e. The molecule has 0 aliphatic carbocycles. The van der Waals surface area contributed by atoms with Crippen LogP contribution in [0.4, 0.5) is 19.2 Å². The first kappa shape index (κ1) is 44.8. The summed E-state index contributed by atoms with van der Waals surface area (Å²) in [6.45, 7) is 28.9. The van der Waals surface area contributed by atoms with Crippen molar-refractivity contribution in [2.24, 2.45) is 0 Å². The summed E-state index contributed by atoms with van der Waals surface area (Å²) < 4.78 is 22.4. The molecule has 0 bridgehead atoms. The molecule has 280 valence electrons. The van der Waals surface area contributed by atoms with E-state index < -0.39 is 40.7 Å². The van der Waals surface area contributed by atoms with Gasteiger partial charge in [-0.15, -0.1) is 0 Å². The maximum Gasteiger partial charge on any atom is 0.410 e. The third kappa shape index (κ3) is 22.4. The monoisotopic (exact) mass is 685 g/mol. The van der Waals surface area contributed by atoms with Crippen molar-refractivity contribution in [2.75, 3.05) is 52.4 Å². The van der Waals surface area contributed by atoms with Gasteiger partial charge in [0.05, 0.1) is 0 Å². The lowest BCUT2D eigenvalue weighted by molar-refractivity contribution is 0.0195. The van der Waals surface area contributed by atoms with Gasteiger partial charge in [0.1, 0.15) is 22.4 Å².